The molecule has 0 bridgehead atoms. The van der Waals surface area contributed by atoms with Crippen LogP contribution in [-0.2, 0) is 0 Å². The highest BCUT2D eigenvalue weighted by molar-refractivity contribution is 5.89. The van der Waals surface area contributed by atoms with Crippen molar-refractivity contribution in [3.05, 3.63) is 24.3 Å². The lowest BCUT2D eigenvalue weighted by Gasteiger charge is -2.23. The monoisotopic (exact) mass is 276 g/mol. The molecule has 20 heavy (non-hydrogen) atoms. The Bertz CT molecular complexity index is 506. The molecular weight excluding hydrogens is 256 g/mol. The number of fused-ring (bicyclic) bond motifs is 1. The molecule has 2 fully saturated rings. The van der Waals surface area contributed by atoms with Crippen molar-refractivity contribution in [1.29, 1.82) is 0 Å². The van der Waals surface area contributed by atoms with Gasteiger partial charge in [-0.1, -0.05) is 12.5 Å². The van der Waals surface area contributed by atoms with E-state index in [1.807, 2.05) is 18.2 Å². The second-order valence-corrected chi connectivity index (χ2v) is 5.58. The van der Waals surface area contributed by atoms with Gasteiger partial charge >= 0.3 is 6.03 Å². The summed E-state index contributed by atoms with van der Waals surface area (Å²) in [4.78, 5) is 13.8. The normalized spacial score (nSPS) is 28.3. The number of nitrogens with zero attached hydrogens (tertiary/aromatic N) is 1. The van der Waals surface area contributed by atoms with Crippen LogP contribution in [0.2, 0.25) is 0 Å². The van der Waals surface area contributed by atoms with E-state index in [-0.39, 0.29) is 11.9 Å². The first-order chi connectivity index (χ1) is 9.69. The van der Waals surface area contributed by atoms with Gasteiger partial charge in [0.15, 0.2) is 0 Å². The van der Waals surface area contributed by atoms with Crippen molar-refractivity contribution in [1.82, 2.24) is 4.90 Å². The van der Waals surface area contributed by atoms with Crippen molar-refractivity contribution < 1.29 is 14.6 Å². The minimum atomic E-state index is -0.645. The van der Waals surface area contributed by atoms with E-state index in [4.69, 9.17) is 4.74 Å². The van der Waals surface area contributed by atoms with Crippen LogP contribution in [0.3, 0.4) is 0 Å². The highest BCUT2D eigenvalue weighted by Gasteiger charge is 2.45. The smallest absolute Gasteiger partial charge is 0.323 e. The number of nitrogens with one attached hydrogen (secondary N) is 1. The number of carbonyl (C=O) groups is 1. The third-order valence-electron chi connectivity index (χ3n) is 4.43. The quantitative estimate of drug-likeness (QED) is 0.871. The molecule has 5 nitrogen and oxygen atoms in total. The number of likely N-dealkylation sites (tertiary alicyclic amines) is 1. The summed E-state index contributed by atoms with van der Waals surface area (Å²) in [7, 11) is 1.59. The van der Waals surface area contributed by atoms with E-state index in [9.17, 15) is 9.90 Å². The number of methoxy groups -OCH3 is 1. The molecule has 2 aliphatic rings. The van der Waals surface area contributed by atoms with E-state index in [0.29, 0.717) is 23.9 Å². The molecule has 108 valence electrons. The van der Waals surface area contributed by atoms with Crippen molar-refractivity contribution in [2.75, 3.05) is 19.0 Å². The number of aliphatic hydroxyl groups is 1. The summed E-state index contributed by atoms with van der Waals surface area (Å²) in [5, 5.41) is 13.1. The summed E-state index contributed by atoms with van der Waals surface area (Å²) in [6.07, 6.45) is 2.66. The summed E-state index contributed by atoms with van der Waals surface area (Å²) in [6.45, 7) is 0.654. The lowest BCUT2D eigenvalue weighted by atomic mass is 10.00. The summed E-state index contributed by atoms with van der Waals surface area (Å²) in [5.74, 6) is 1.41. The fraction of sp³-hybridized carbons (Fsp3) is 0.533. The van der Waals surface area contributed by atoms with Crippen LogP contribution in [0.25, 0.3) is 0 Å². The number of hydrogen-bond acceptors (Lipinski definition) is 3. The number of amides is 2. The Morgan fingerprint density at radius 3 is 3.05 bits per heavy atom. The van der Waals surface area contributed by atoms with Gasteiger partial charge in [-0.3, -0.25) is 4.90 Å². The third-order valence-corrected chi connectivity index (χ3v) is 4.43. The van der Waals surface area contributed by atoms with Gasteiger partial charge in [0.25, 0.3) is 0 Å². The molecule has 2 N–H and O–H groups in total. The highest BCUT2D eigenvalue weighted by atomic mass is 16.5. The zero-order valence-electron chi connectivity index (χ0n) is 11.6. The van der Waals surface area contributed by atoms with Crippen LogP contribution in [0.5, 0.6) is 5.75 Å². The predicted molar refractivity (Wildman–Crippen MR) is 75.6 cm³/mol. The molecule has 0 spiro atoms. The summed E-state index contributed by atoms with van der Waals surface area (Å²) >= 11 is 0. The molecule has 3 unspecified atom stereocenters. The van der Waals surface area contributed by atoms with Crippen LogP contribution in [0.1, 0.15) is 19.3 Å². The Hall–Kier alpha value is -1.75. The van der Waals surface area contributed by atoms with E-state index in [0.717, 1.165) is 19.3 Å². The number of carbonyl (C=O) groups excluding carboxylic acids is 1. The van der Waals surface area contributed by atoms with E-state index < -0.39 is 6.23 Å². The maximum absolute atomic E-state index is 12.3. The average Bonchev–Trinajstić information content (AvgIpc) is 3.02. The fourth-order valence-electron chi connectivity index (χ4n) is 3.38. The summed E-state index contributed by atoms with van der Waals surface area (Å²) in [6, 6.07) is 6.99. The molecule has 1 aromatic rings. The molecule has 2 amide bonds. The van der Waals surface area contributed by atoms with Gasteiger partial charge in [-0.05, 0) is 30.9 Å². The van der Waals surface area contributed by atoms with Crippen LogP contribution in [0.15, 0.2) is 24.3 Å². The number of rotatable bonds is 2. The molecule has 1 aromatic carbocycles. The molecule has 0 aromatic heterocycles. The lowest BCUT2D eigenvalue weighted by molar-refractivity contribution is 0.0331. The van der Waals surface area contributed by atoms with Gasteiger partial charge in [0.1, 0.15) is 12.0 Å². The first-order valence-corrected chi connectivity index (χ1v) is 7.09. The number of benzene rings is 1. The van der Waals surface area contributed by atoms with Gasteiger partial charge in [0.2, 0.25) is 0 Å². The zero-order valence-corrected chi connectivity index (χ0v) is 11.6. The maximum atomic E-state index is 12.3. The molecule has 0 radical (unpaired) electrons. The number of aliphatic hydroxyl groups excluding tert-OH is 1. The molecule has 3 atom stereocenters. The van der Waals surface area contributed by atoms with E-state index in [1.54, 1.807) is 18.1 Å². The van der Waals surface area contributed by atoms with Crippen molar-refractivity contribution >= 4 is 11.7 Å². The largest absolute Gasteiger partial charge is 0.497 e. The number of anilines is 1. The standard InChI is InChI=1S/C15H20N2O3/c1-20-12-6-3-5-11(8-12)16-15(19)17-9-10-4-2-7-13(10)14(17)18/h3,5-6,8,10,13-14,18H,2,4,7,9H2,1H3,(H,16,19). The predicted octanol–water partition coefficient (Wildman–Crippen LogP) is 2.28. The van der Waals surface area contributed by atoms with Crippen LogP contribution >= 0.6 is 0 Å². The van der Waals surface area contributed by atoms with Crippen molar-refractivity contribution in [3.63, 3.8) is 0 Å². The van der Waals surface area contributed by atoms with Gasteiger partial charge < -0.3 is 15.2 Å². The van der Waals surface area contributed by atoms with Gasteiger partial charge in [-0.25, -0.2) is 4.79 Å². The van der Waals surface area contributed by atoms with E-state index >= 15 is 0 Å². The van der Waals surface area contributed by atoms with E-state index in [1.165, 1.54) is 0 Å². The Balaban J connectivity index is 1.67. The Labute approximate surface area is 118 Å². The third kappa shape index (κ3) is 2.33. The average molecular weight is 276 g/mol. The SMILES string of the molecule is COc1cccc(NC(=O)N2CC3CCCC3C2O)c1. The first kappa shape index (κ1) is 13.2. The lowest BCUT2D eigenvalue weighted by Crippen LogP contribution is -2.40. The van der Waals surface area contributed by atoms with Crippen molar-refractivity contribution in [2.24, 2.45) is 11.8 Å². The van der Waals surface area contributed by atoms with E-state index in [2.05, 4.69) is 5.32 Å². The molecule has 1 aliphatic carbocycles. The summed E-state index contributed by atoms with van der Waals surface area (Å²) in [5.41, 5.74) is 0.679. The second-order valence-electron chi connectivity index (χ2n) is 5.58. The summed E-state index contributed by atoms with van der Waals surface area (Å²) < 4.78 is 5.13. The van der Waals surface area contributed by atoms with Crippen LogP contribution in [-0.4, -0.2) is 35.9 Å². The Morgan fingerprint density at radius 2 is 2.30 bits per heavy atom. The molecule has 5 heteroatoms. The van der Waals surface area contributed by atoms with Crippen molar-refractivity contribution in [2.45, 2.75) is 25.5 Å². The van der Waals surface area contributed by atoms with Gasteiger partial charge in [0.05, 0.1) is 7.11 Å². The van der Waals surface area contributed by atoms with Gasteiger partial charge in [0, 0.05) is 24.2 Å². The highest BCUT2D eigenvalue weighted by Crippen LogP contribution is 2.41. The van der Waals surface area contributed by atoms with Crippen LogP contribution in [0.4, 0.5) is 10.5 Å². The van der Waals surface area contributed by atoms with Crippen molar-refractivity contribution in [3.8, 4) is 5.75 Å². The van der Waals surface area contributed by atoms with Crippen LogP contribution in [0, 0.1) is 11.8 Å². The minimum absolute atomic E-state index is 0.236. The molecule has 1 saturated heterocycles. The van der Waals surface area contributed by atoms with Gasteiger partial charge in [-0.15, -0.1) is 0 Å². The molecular formula is C15H20N2O3. The number of hydrogen-bond donors (Lipinski definition) is 2. The maximum Gasteiger partial charge on any atom is 0.323 e. The number of urea groups is 1. The molecule has 1 aliphatic heterocycles. The fourth-order valence-corrected chi connectivity index (χ4v) is 3.38. The van der Waals surface area contributed by atoms with Crippen LogP contribution < -0.4 is 10.1 Å². The molecule has 3 rings (SSSR count). The topological polar surface area (TPSA) is 61.8 Å². The number of ether oxygens (including phenoxy) is 1. The minimum Gasteiger partial charge on any atom is -0.497 e. The Morgan fingerprint density at radius 1 is 1.45 bits per heavy atom. The second kappa shape index (κ2) is 5.32. The molecule has 1 saturated carbocycles. The first-order valence-electron chi connectivity index (χ1n) is 7.09. The molecule has 1 heterocycles. The zero-order chi connectivity index (χ0) is 14.1. The van der Waals surface area contributed by atoms with Gasteiger partial charge in [-0.2, -0.15) is 0 Å². The Kier molecular flexibility index (Phi) is 3.53.